The van der Waals surface area contributed by atoms with Crippen molar-refractivity contribution in [1.29, 1.82) is 0 Å². The van der Waals surface area contributed by atoms with Gasteiger partial charge in [-0.15, -0.1) is 0 Å². The number of cyclic esters (lactones) is 1. The second kappa shape index (κ2) is 17.7. The first kappa shape index (κ1) is 39.2. The number of carbonyl (C=O) groups excluding carboxylic acids is 2. The minimum absolute atomic E-state index is 0.0261. The molecule has 51 heavy (non-hydrogen) atoms. The Morgan fingerprint density at radius 3 is 2.39 bits per heavy atom. The molecule has 0 unspecified atom stereocenters. The molecule has 2 saturated heterocycles. The van der Waals surface area contributed by atoms with Crippen molar-refractivity contribution in [1.82, 2.24) is 0 Å². The molecule has 0 amide bonds. The van der Waals surface area contributed by atoms with Gasteiger partial charge in [0.25, 0.3) is 0 Å². The molecular weight excluding hydrogens is 648 g/mol. The van der Waals surface area contributed by atoms with E-state index < -0.39 is 23.4 Å². The van der Waals surface area contributed by atoms with Gasteiger partial charge in [-0.3, -0.25) is 4.79 Å². The summed E-state index contributed by atoms with van der Waals surface area (Å²) in [6.07, 6.45) is 9.22. The molecule has 2 aromatic carbocycles. The number of carbonyl (C=O) groups is 2. The molecule has 3 aliphatic rings. The number of aryl methyl sites for hydroxylation is 1. The molecule has 7 atom stereocenters. The predicted molar refractivity (Wildman–Crippen MR) is 194 cm³/mol. The van der Waals surface area contributed by atoms with Crippen molar-refractivity contribution in [2.45, 2.75) is 167 Å². The first-order valence-corrected chi connectivity index (χ1v) is 19.2. The summed E-state index contributed by atoms with van der Waals surface area (Å²) in [7, 11) is 0. The van der Waals surface area contributed by atoms with Crippen LogP contribution in [0.15, 0.2) is 48.5 Å². The summed E-state index contributed by atoms with van der Waals surface area (Å²) in [4.78, 5) is 25.7. The molecule has 5 rings (SSSR count). The molecule has 2 aromatic rings. The maximum Gasteiger partial charge on any atom is 0.345 e. The molecule has 2 fully saturated rings. The van der Waals surface area contributed by atoms with E-state index in [1.165, 1.54) is 0 Å². The number of rotatable bonds is 16. The third-order valence-electron chi connectivity index (χ3n) is 11.0. The monoisotopic (exact) mass is 708 g/mol. The van der Waals surface area contributed by atoms with Gasteiger partial charge in [0.15, 0.2) is 0 Å². The van der Waals surface area contributed by atoms with Gasteiger partial charge in [0.1, 0.15) is 17.9 Å². The van der Waals surface area contributed by atoms with E-state index in [9.17, 15) is 19.8 Å². The van der Waals surface area contributed by atoms with Crippen LogP contribution >= 0.6 is 0 Å². The van der Waals surface area contributed by atoms with Gasteiger partial charge in [-0.2, -0.15) is 0 Å². The van der Waals surface area contributed by atoms with Crippen molar-refractivity contribution in [2.24, 2.45) is 11.3 Å². The molecular formula is C42H60O9. The number of esters is 2. The zero-order valence-electron chi connectivity index (χ0n) is 31.3. The van der Waals surface area contributed by atoms with Crippen molar-refractivity contribution in [3.05, 3.63) is 65.2 Å². The van der Waals surface area contributed by atoms with Crippen molar-refractivity contribution in [3.8, 4) is 5.75 Å². The Balaban J connectivity index is 0.999. The zero-order chi connectivity index (χ0) is 36.6. The number of hydrogen-bond donors (Lipinski definition) is 2. The molecule has 282 valence electrons. The number of aliphatic hydroxyl groups is 2. The van der Waals surface area contributed by atoms with Gasteiger partial charge >= 0.3 is 11.9 Å². The van der Waals surface area contributed by atoms with Crippen molar-refractivity contribution >= 4 is 11.9 Å². The Labute approximate surface area is 304 Å². The van der Waals surface area contributed by atoms with Crippen LogP contribution in [0.4, 0.5) is 0 Å². The number of benzene rings is 2. The van der Waals surface area contributed by atoms with E-state index in [2.05, 4.69) is 0 Å². The second-order valence-corrected chi connectivity index (χ2v) is 16.1. The Morgan fingerprint density at radius 1 is 0.922 bits per heavy atom. The van der Waals surface area contributed by atoms with Crippen LogP contribution in [0.25, 0.3) is 0 Å². The molecule has 3 heterocycles. The van der Waals surface area contributed by atoms with Crippen LogP contribution in [0.3, 0.4) is 0 Å². The summed E-state index contributed by atoms with van der Waals surface area (Å²) in [5.41, 5.74) is 1.62. The van der Waals surface area contributed by atoms with E-state index >= 15 is 0 Å². The molecule has 9 heteroatoms. The summed E-state index contributed by atoms with van der Waals surface area (Å²) in [6, 6.07) is 15.4. The summed E-state index contributed by atoms with van der Waals surface area (Å²) >= 11 is 0. The largest absolute Gasteiger partial charge is 0.460 e. The van der Waals surface area contributed by atoms with E-state index in [4.69, 9.17) is 23.7 Å². The molecule has 9 nitrogen and oxygen atoms in total. The fourth-order valence-electron chi connectivity index (χ4n) is 7.78. The van der Waals surface area contributed by atoms with Crippen LogP contribution in [0.5, 0.6) is 5.75 Å². The van der Waals surface area contributed by atoms with Crippen LogP contribution in [0.2, 0.25) is 0 Å². The average molecular weight is 709 g/mol. The van der Waals surface area contributed by atoms with E-state index in [0.717, 1.165) is 81.8 Å². The maximum atomic E-state index is 13.0. The molecule has 0 radical (unpaired) electrons. The Kier molecular flexibility index (Phi) is 13.6. The molecule has 0 aliphatic carbocycles. The lowest BCUT2D eigenvalue weighted by atomic mass is 9.81. The van der Waals surface area contributed by atoms with Gasteiger partial charge < -0.3 is 33.9 Å². The van der Waals surface area contributed by atoms with E-state index in [0.29, 0.717) is 24.2 Å². The van der Waals surface area contributed by atoms with Crippen LogP contribution in [0.1, 0.15) is 133 Å². The fraction of sp³-hybridized carbons (Fsp3) is 0.667. The Bertz CT molecular complexity index is 1420. The van der Waals surface area contributed by atoms with Gasteiger partial charge in [0, 0.05) is 13.8 Å². The average Bonchev–Trinajstić information content (AvgIpc) is 3.09. The molecule has 0 aromatic heterocycles. The summed E-state index contributed by atoms with van der Waals surface area (Å²) in [5, 5.41) is 22.0. The van der Waals surface area contributed by atoms with Gasteiger partial charge in [0.2, 0.25) is 5.79 Å². The molecule has 0 bridgehead atoms. The third kappa shape index (κ3) is 11.0. The third-order valence-corrected chi connectivity index (χ3v) is 11.0. The first-order valence-electron chi connectivity index (χ1n) is 19.2. The molecule has 0 spiro atoms. The normalized spacial score (nSPS) is 25.1. The van der Waals surface area contributed by atoms with Gasteiger partial charge in [-0.1, -0.05) is 49.4 Å². The number of hydrogen-bond acceptors (Lipinski definition) is 9. The SMILES string of the molecule is C[C@@H](CC[C@@H]1CCC[C@H](CCCc2cccc3c2C(=O)OC(C)(C)O3)O1)[C@H](O)C[C@@H](O)C[C@@H]1CCC[C@H](C(C)(C)C(=O)OCc2ccccc2)O1. The standard InChI is InChI=1S/C42H60O9/c1-28(23-24-33-19-11-18-32(48-33)17-9-15-30-16-10-21-36-38(30)39(45)51-42(4,5)50-36)35(44)26-31(43)25-34-20-12-22-37(49-34)41(2,3)40(46)47-27-29-13-7-6-8-14-29/h6-8,10,13-14,16,21,28,31-35,37,43-44H,9,11-12,15,17-20,22-27H2,1-5H3/t28-,31-,32-,33-,34-,35+,37+/m0/s1. The predicted octanol–water partition coefficient (Wildman–Crippen LogP) is 7.86. The fourth-order valence-corrected chi connectivity index (χ4v) is 7.78. The summed E-state index contributed by atoms with van der Waals surface area (Å²) in [5.74, 6) is -0.967. The van der Waals surface area contributed by atoms with Crippen LogP contribution in [0, 0.1) is 11.3 Å². The molecule has 3 aliphatic heterocycles. The van der Waals surface area contributed by atoms with Crippen molar-refractivity contribution < 1.29 is 43.5 Å². The van der Waals surface area contributed by atoms with Crippen LogP contribution < -0.4 is 4.74 Å². The van der Waals surface area contributed by atoms with E-state index in [-0.39, 0.29) is 48.9 Å². The number of aliphatic hydroxyl groups excluding tert-OH is 2. The van der Waals surface area contributed by atoms with Crippen molar-refractivity contribution in [3.63, 3.8) is 0 Å². The van der Waals surface area contributed by atoms with Crippen LogP contribution in [-0.2, 0) is 36.8 Å². The van der Waals surface area contributed by atoms with Gasteiger partial charge in [0.05, 0.1) is 42.0 Å². The van der Waals surface area contributed by atoms with Crippen molar-refractivity contribution in [2.75, 3.05) is 0 Å². The maximum absolute atomic E-state index is 13.0. The van der Waals surface area contributed by atoms with Gasteiger partial charge in [-0.05, 0) is 120 Å². The highest BCUT2D eigenvalue weighted by Crippen LogP contribution is 2.37. The molecule has 2 N–H and O–H groups in total. The Morgan fingerprint density at radius 2 is 1.63 bits per heavy atom. The Hall–Kier alpha value is -2.98. The highest BCUT2D eigenvalue weighted by atomic mass is 16.7. The topological polar surface area (TPSA) is 121 Å². The summed E-state index contributed by atoms with van der Waals surface area (Å²) in [6.45, 7) is 9.50. The second-order valence-electron chi connectivity index (χ2n) is 16.1. The van der Waals surface area contributed by atoms with E-state index in [1.807, 2.05) is 69.3 Å². The van der Waals surface area contributed by atoms with Crippen LogP contribution in [-0.4, -0.2) is 64.6 Å². The van der Waals surface area contributed by atoms with E-state index in [1.54, 1.807) is 13.8 Å². The highest BCUT2D eigenvalue weighted by molar-refractivity contribution is 5.95. The first-order chi connectivity index (χ1) is 24.3. The minimum atomic E-state index is -0.963. The van der Waals surface area contributed by atoms with Gasteiger partial charge in [-0.25, -0.2) is 4.79 Å². The quantitative estimate of drug-likeness (QED) is 0.168. The highest BCUT2D eigenvalue weighted by Gasteiger charge is 2.42. The number of ether oxygens (including phenoxy) is 5. The zero-order valence-corrected chi connectivity index (χ0v) is 31.3. The number of fused-ring (bicyclic) bond motifs is 1. The minimum Gasteiger partial charge on any atom is -0.460 e. The lowest BCUT2D eigenvalue weighted by molar-refractivity contribution is -0.174. The lowest BCUT2D eigenvalue weighted by Crippen LogP contribution is -2.45. The smallest absolute Gasteiger partial charge is 0.345 e. The lowest BCUT2D eigenvalue weighted by Gasteiger charge is -2.39. The molecule has 0 saturated carbocycles. The summed E-state index contributed by atoms with van der Waals surface area (Å²) < 4.78 is 29.9.